The number of likely N-dealkylation sites (tertiary alicyclic amines) is 1. The van der Waals surface area contributed by atoms with E-state index in [-0.39, 0.29) is 12.5 Å². The molecular weight excluding hydrogens is 354 g/mol. The van der Waals surface area contributed by atoms with Gasteiger partial charge < -0.3 is 9.64 Å². The zero-order valence-electron chi connectivity index (χ0n) is 15.5. The van der Waals surface area contributed by atoms with E-state index in [1.54, 1.807) is 23.0 Å². The number of carbonyl (C=O) groups excluding carboxylic acids is 2. The van der Waals surface area contributed by atoms with Crippen LogP contribution in [0.3, 0.4) is 0 Å². The Balaban J connectivity index is 1.39. The lowest BCUT2D eigenvalue weighted by Crippen LogP contribution is -2.27. The Morgan fingerprint density at radius 1 is 0.964 bits per heavy atom. The van der Waals surface area contributed by atoms with E-state index >= 15 is 0 Å². The van der Waals surface area contributed by atoms with Crippen LogP contribution in [0.2, 0.25) is 0 Å². The van der Waals surface area contributed by atoms with Crippen LogP contribution < -0.4 is 0 Å². The van der Waals surface area contributed by atoms with Crippen LogP contribution in [-0.2, 0) is 11.3 Å². The Bertz CT molecular complexity index is 958. The fourth-order valence-electron chi connectivity index (χ4n) is 3.31. The Kier molecular flexibility index (Phi) is 5.19. The van der Waals surface area contributed by atoms with E-state index in [9.17, 15) is 9.59 Å². The third-order valence-corrected chi connectivity index (χ3v) is 4.85. The summed E-state index contributed by atoms with van der Waals surface area (Å²) < 4.78 is 7.13. The molecule has 0 radical (unpaired) electrons. The molecule has 0 atom stereocenters. The van der Waals surface area contributed by atoms with Gasteiger partial charge in [-0.15, -0.1) is 0 Å². The van der Waals surface area contributed by atoms with Crippen LogP contribution in [0.4, 0.5) is 0 Å². The summed E-state index contributed by atoms with van der Waals surface area (Å²) in [6.07, 6.45) is 5.22. The molecule has 1 fully saturated rings. The number of imidazole rings is 1. The second-order valence-electron chi connectivity index (χ2n) is 6.76. The average molecular weight is 375 g/mol. The second-order valence-corrected chi connectivity index (χ2v) is 6.76. The van der Waals surface area contributed by atoms with Crippen molar-refractivity contribution in [2.24, 2.45) is 0 Å². The molecule has 4 rings (SSSR count). The normalized spacial score (nSPS) is 13.5. The van der Waals surface area contributed by atoms with Crippen molar-refractivity contribution in [3.63, 3.8) is 0 Å². The average Bonchev–Trinajstić information content (AvgIpc) is 3.45. The van der Waals surface area contributed by atoms with E-state index in [2.05, 4.69) is 4.98 Å². The molecule has 0 saturated carbocycles. The summed E-state index contributed by atoms with van der Waals surface area (Å²) in [5, 5.41) is 0. The molecule has 3 aromatic rings. The van der Waals surface area contributed by atoms with Crippen LogP contribution in [0.5, 0.6) is 0 Å². The molecule has 6 heteroatoms. The summed E-state index contributed by atoms with van der Waals surface area (Å²) in [5.74, 6) is -0.383. The van der Waals surface area contributed by atoms with E-state index in [1.807, 2.05) is 47.4 Å². The minimum atomic E-state index is -0.446. The monoisotopic (exact) mass is 375 g/mol. The van der Waals surface area contributed by atoms with Gasteiger partial charge in [-0.05, 0) is 42.7 Å². The first-order valence-corrected chi connectivity index (χ1v) is 9.35. The van der Waals surface area contributed by atoms with Crippen molar-refractivity contribution in [2.75, 3.05) is 13.1 Å². The lowest BCUT2D eigenvalue weighted by atomic mass is 10.1. The van der Waals surface area contributed by atoms with Crippen molar-refractivity contribution < 1.29 is 14.3 Å². The molecule has 2 aromatic carbocycles. The minimum Gasteiger partial charge on any atom is -0.456 e. The van der Waals surface area contributed by atoms with Gasteiger partial charge in [0.25, 0.3) is 5.91 Å². The molecule has 1 aliphatic rings. The second kappa shape index (κ2) is 8.08. The van der Waals surface area contributed by atoms with Crippen LogP contribution in [0.15, 0.2) is 67.1 Å². The Labute approximate surface area is 163 Å². The zero-order valence-corrected chi connectivity index (χ0v) is 15.5. The zero-order chi connectivity index (χ0) is 19.3. The van der Waals surface area contributed by atoms with Gasteiger partial charge in [0, 0.05) is 24.3 Å². The van der Waals surface area contributed by atoms with Crippen molar-refractivity contribution in [3.8, 4) is 5.69 Å². The maximum absolute atomic E-state index is 12.5. The van der Waals surface area contributed by atoms with E-state index in [4.69, 9.17) is 4.74 Å². The van der Waals surface area contributed by atoms with Crippen LogP contribution in [0.25, 0.3) is 5.69 Å². The molecule has 0 aliphatic carbocycles. The van der Waals surface area contributed by atoms with E-state index < -0.39 is 5.97 Å². The number of benzene rings is 2. The van der Waals surface area contributed by atoms with Crippen LogP contribution in [-0.4, -0.2) is 39.4 Å². The summed E-state index contributed by atoms with van der Waals surface area (Å²) in [7, 11) is 0. The lowest BCUT2D eigenvalue weighted by Gasteiger charge is -2.15. The molecular formula is C22H21N3O3. The molecule has 0 spiro atoms. The number of esters is 1. The number of aromatic nitrogens is 2. The molecule has 1 aliphatic heterocycles. The molecule has 28 heavy (non-hydrogen) atoms. The van der Waals surface area contributed by atoms with E-state index in [0.717, 1.165) is 37.2 Å². The first-order chi connectivity index (χ1) is 13.7. The lowest BCUT2D eigenvalue weighted by molar-refractivity contribution is 0.0463. The van der Waals surface area contributed by atoms with Gasteiger partial charge in [0.15, 0.2) is 5.69 Å². The predicted molar refractivity (Wildman–Crippen MR) is 104 cm³/mol. The van der Waals surface area contributed by atoms with Crippen molar-refractivity contribution in [3.05, 3.63) is 83.9 Å². The van der Waals surface area contributed by atoms with Crippen molar-refractivity contribution >= 4 is 11.9 Å². The highest BCUT2D eigenvalue weighted by Crippen LogP contribution is 2.15. The molecule has 1 amide bonds. The fraction of sp³-hybridized carbons (Fsp3) is 0.227. The standard InChI is InChI=1S/C22H21N3O3/c26-21(24-12-4-5-13-24)18-10-8-17(9-11-18)15-28-22(27)20-14-23-16-25(20)19-6-2-1-3-7-19/h1-3,6-11,14,16H,4-5,12-13,15H2. The SMILES string of the molecule is O=C(OCc1ccc(C(=O)N2CCCC2)cc1)c1cncn1-c1ccccc1. The largest absolute Gasteiger partial charge is 0.456 e. The molecule has 1 aromatic heterocycles. The quantitative estimate of drug-likeness (QED) is 0.641. The van der Waals surface area contributed by atoms with Crippen molar-refractivity contribution in [1.29, 1.82) is 0 Å². The fourth-order valence-corrected chi connectivity index (χ4v) is 3.31. The number of para-hydroxylation sites is 1. The highest BCUT2D eigenvalue weighted by atomic mass is 16.5. The van der Waals surface area contributed by atoms with Gasteiger partial charge in [0.1, 0.15) is 6.61 Å². The molecule has 2 heterocycles. The predicted octanol–water partition coefficient (Wildman–Crippen LogP) is 3.47. The van der Waals surface area contributed by atoms with Gasteiger partial charge in [-0.1, -0.05) is 30.3 Å². The van der Waals surface area contributed by atoms with E-state index in [1.165, 1.54) is 6.20 Å². The first kappa shape index (κ1) is 18.0. The molecule has 0 N–H and O–H groups in total. The van der Waals surface area contributed by atoms with Gasteiger partial charge in [-0.25, -0.2) is 9.78 Å². The smallest absolute Gasteiger partial charge is 0.357 e. The third kappa shape index (κ3) is 3.81. The van der Waals surface area contributed by atoms with Crippen LogP contribution >= 0.6 is 0 Å². The summed E-state index contributed by atoms with van der Waals surface area (Å²) in [6.45, 7) is 1.79. The van der Waals surface area contributed by atoms with Gasteiger partial charge in [0.2, 0.25) is 0 Å². The molecule has 0 bridgehead atoms. The highest BCUT2D eigenvalue weighted by molar-refractivity contribution is 5.94. The third-order valence-electron chi connectivity index (χ3n) is 4.85. The number of hydrogen-bond donors (Lipinski definition) is 0. The molecule has 142 valence electrons. The van der Waals surface area contributed by atoms with Gasteiger partial charge in [-0.2, -0.15) is 0 Å². The number of carbonyl (C=O) groups is 2. The Morgan fingerprint density at radius 2 is 1.68 bits per heavy atom. The maximum atomic E-state index is 12.5. The highest BCUT2D eigenvalue weighted by Gasteiger charge is 2.19. The van der Waals surface area contributed by atoms with Crippen molar-refractivity contribution in [2.45, 2.75) is 19.4 Å². The van der Waals surface area contributed by atoms with E-state index in [0.29, 0.717) is 11.3 Å². The van der Waals surface area contributed by atoms with Crippen molar-refractivity contribution in [1.82, 2.24) is 14.5 Å². The summed E-state index contributed by atoms with van der Waals surface area (Å²) in [4.78, 5) is 30.8. The topological polar surface area (TPSA) is 64.4 Å². The molecule has 0 unspecified atom stereocenters. The van der Waals surface area contributed by atoms with Gasteiger partial charge in [-0.3, -0.25) is 9.36 Å². The number of nitrogens with zero attached hydrogens (tertiary/aromatic N) is 3. The Hall–Kier alpha value is -3.41. The maximum Gasteiger partial charge on any atom is 0.357 e. The van der Waals surface area contributed by atoms with Crippen LogP contribution in [0, 0.1) is 0 Å². The minimum absolute atomic E-state index is 0.0628. The summed E-state index contributed by atoms with van der Waals surface area (Å²) >= 11 is 0. The van der Waals surface area contributed by atoms with Gasteiger partial charge in [0.05, 0.1) is 12.5 Å². The van der Waals surface area contributed by atoms with Crippen LogP contribution in [0.1, 0.15) is 39.3 Å². The number of hydrogen-bond acceptors (Lipinski definition) is 4. The number of amides is 1. The Morgan fingerprint density at radius 3 is 2.39 bits per heavy atom. The molecule has 6 nitrogen and oxygen atoms in total. The molecule has 1 saturated heterocycles. The van der Waals surface area contributed by atoms with Gasteiger partial charge >= 0.3 is 5.97 Å². The summed E-state index contributed by atoms with van der Waals surface area (Å²) in [6, 6.07) is 16.7. The first-order valence-electron chi connectivity index (χ1n) is 9.35. The summed E-state index contributed by atoms with van der Waals surface area (Å²) in [5.41, 5.74) is 2.71. The number of ether oxygens (including phenoxy) is 1. The number of rotatable bonds is 5.